The van der Waals surface area contributed by atoms with Gasteiger partial charge in [0, 0.05) is 24.1 Å². The van der Waals surface area contributed by atoms with Crippen LogP contribution < -0.4 is 20.5 Å². The minimum Gasteiger partial charge on any atom is -0.497 e. The average molecular weight is 273 g/mol. The number of hydrogen-bond acceptors (Lipinski definition) is 5. The van der Waals surface area contributed by atoms with Crippen LogP contribution in [0.25, 0.3) is 0 Å². The van der Waals surface area contributed by atoms with Crippen LogP contribution >= 0.6 is 0 Å². The van der Waals surface area contributed by atoms with E-state index in [4.69, 9.17) is 15.2 Å². The van der Waals surface area contributed by atoms with E-state index in [1.807, 2.05) is 0 Å². The van der Waals surface area contributed by atoms with E-state index in [0.29, 0.717) is 17.2 Å². The lowest BCUT2D eigenvalue weighted by Crippen LogP contribution is -2.14. The van der Waals surface area contributed by atoms with Crippen molar-refractivity contribution in [2.75, 3.05) is 25.3 Å². The number of carbonyl (C=O) groups excluding carboxylic acids is 1. The highest BCUT2D eigenvalue weighted by Gasteiger charge is 2.16. The summed E-state index contributed by atoms with van der Waals surface area (Å²) in [5.41, 5.74) is 7.10. The average Bonchev–Trinajstić information content (AvgIpc) is 2.48. The second kappa shape index (κ2) is 5.92. The maximum absolute atomic E-state index is 12.2. The van der Waals surface area contributed by atoms with Crippen LogP contribution in [-0.4, -0.2) is 25.1 Å². The summed E-state index contributed by atoms with van der Waals surface area (Å²) in [4.78, 5) is 16.1. The molecule has 0 unspecified atom stereocenters. The van der Waals surface area contributed by atoms with E-state index in [0.717, 1.165) is 0 Å². The van der Waals surface area contributed by atoms with Gasteiger partial charge in [0.25, 0.3) is 5.91 Å². The Kier molecular flexibility index (Phi) is 4.05. The van der Waals surface area contributed by atoms with Gasteiger partial charge in [-0.1, -0.05) is 0 Å². The monoisotopic (exact) mass is 273 g/mol. The van der Waals surface area contributed by atoms with Gasteiger partial charge in [0.15, 0.2) is 0 Å². The molecule has 6 heteroatoms. The summed E-state index contributed by atoms with van der Waals surface area (Å²) in [7, 11) is 2.99. The van der Waals surface area contributed by atoms with Crippen molar-refractivity contribution in [3.63, 3.8) is 0 Å². The van der Waals surface area contributed by atoms with E-state index in [9.17, 15) is 4.79 Å². The van der Waals surface area contributed by atoms with Gasteiger partial charge in [-0.15, -0.1) is 0 Å². The molecular weight excluding hydrogens is 258 g/mol. The number of carbonyl (C=O) groups is 1. The number of rotatable bonds is 4. The van der Waals surface area contributed by atoms with Crippen molar-refractivity contribution in [2.45, 2.75) is 0 Å². The number of nitrogens with one attached hydrogen (secondary N) is 1. The molecule has 0 spiro atoms. The Morgan fingerprint density at radius 1 is 1.20 bits per heavy atom. The first kappa shape index (κ1) is 13.7. The predicted molar refractivity (Wildman–Crippen MR) is 76.1 cm³/mol. The first-order valence-electron chi connectivity index (χ1n) is 5.88. The summed E-state index contributed by atoms with van der Waals surface area (Å²) in [6, 6.07) is 6.56. The number of ether oxygens (including phenoxy) is 2. The SMILES string of the molecule is COc1cc(OC)c(N)c(C(=O)Nc2ccncc2)c1. The Hall–Kier alpha value is -2.76. The number of nitrogens with two attached hydrogens (primary N) is 1. The fraction of sp³-hybridized carbons (Fsp3) is 0.143. The van der Waals surface area contributed by atoms with Crippen molar-refractivity contribution in [3.8, 4) is 11.5 Å². The van der Waals surface area contributed by atoms with Crippen LogP contribution in [-0.2, 0) is 0 Å². The number of methoxy groups -OCH3 is 2. The molecule has 0 saturated carbocycles. The lowest BCUT2D eigenvalue weighted by Gasteiger charge is -2.12. The molecule has 1 amide bonds. The standard InChI is InChI=1S/C14H15N3O3/c1-19-10-7-11(13(15)12(8-10)20-2)14(18)17-9-3-5-16-6-4-9/h3-8H,15H2,1-2H3,(H,16,17,18). The molecule has 0 aliphatic heterocycles. The molecule has 104 valence electrons. The number of nitrogens with zero attached hydrogens (tertiary/aromatic N) is 1. The number of anilines is 2. The maximum Gasteiger partial charge on any atom is 0.258 e. The van der Waals surface area contributed by atoms with Crippen LogP contribution in [0.5, 0.6) is 11.5 Å². The highest BCUT2D eigenvalue weighted by molar-refractivity contribution is 6.08. The topological polar surface area (TPSA) is 86.5 Å². The van der Waals surface area contributed by atoms with Gasteiger partial charge in [-0.2, -0.15) is 0 Å². The Morgan fingerprint density at radius 2 is 1.90 bits per heavy atom. The van der Waals surface area contributed by atoms with Gasteiger partial charge in [-0.05, 0) is 18.2 Å². The van der Waals surface area contributed by atoms with E-state index in [1.165, 1.54) is 14.2 Å². The molecule has 20 heavy (non-hydrogen) atoms. The minimum atomic E-state index is -0.342. The molecule has 0 saturated heterocycles. The molecule has 1 heterocycles. The highest BCUT2D eigenvalue weighted by atomic mass is 16.5. The summed E-state index contributed by atoms with van der Waals surface area (Å²) in [5.74, 6) is 0.547. The molecule has 0 fully saturated rings. The Morgan fingerprint density at radius 3 is 2.50 bits per heavy atom. The number of amides is 1. The molecule has 0 radical (unpaired) electrons. The van der Waals surface area contributed by atoms with Crippen LogP contribution in [0, 0.1) is 0 Å². The van der Waals surface area contributed by atoms with Gasteiger partial charge in [0.2, 0.25) is 0 Å². The highest BCUT2D eigenvalue weighted by Crippen LogP contribution is 2.31. The summed E-state index contributed by atoms with van der Waals surface area (Å²) >= 11 is 0. The van der Waals surface area contributed by atoms with Crippen LogP contribution in [0.2, 0.25) is 0 Å². The van der Waals surface area contributed by atoms with E-state index >= 15 is 0 Å². The van der Waals surface area contributed by atoms with E-state index < -0.39 is 0 Å². The summed E-state index contributed by atoms with van der Waals surface area (Å²) in [5, 5.41) is 2.73. The molecule has 0 atom stereocenters. The van der Waals surface area contributed by atoms with Crippen LogP contribution in [0.1, 0.15) is 10.4 Å². The molecule has 1 aromatic heterocycles. The van der Waals surface area contributed by atoms with E-state index in [-0.39, 0.29) is 17.2 Å². The lowest BCUT2D eigenvalue weighted by atomic mass is 10.1. The van der Waals surface area contributed by atoms with Gasteiger partial charge in [0.1, 0.15) is 11.5 Å². The molecule has 0 aliphatic carbocycles. The zero-order valence-electron chi connectivity index (χ0n) is 11.2. The van der Waals surface area contributed by atoms with Crippen molar-refractivity contribution in [1.29, 1.82) is 0 Å². The number of hydrogen-bond donors (Lipinski definition) is 2. The maximum atomic E-state index is 12.2. The molecule has 0 aliphatic rings. The van der Waals surface area contributed by atoms with E-state index in [2.05, 4.69) is 10.3 Å². The second-order valence-corrected chi connectivity index (χ2v) is 3.98. The molecule has 3 N–H and O–H groups in total. The summed E-state index contributed by atoms with van der Waals surface area (Å²) in [6.45, 7) is 0. The zero-order chi connectivity index (χ0) is 14.5. The number of aromatic nitrogens is 1. The summed E-state index contributed by atoms with van der Waals surface area (Å²) in [6.07, 6.45) is 3.18. The first-order chi connectivity index (χ1) is 9.65. The van der Waals surface area contributed by atoms with Crippen LogP contribution in [0.3, 0.4) is 0 Å². The fourth-order valence-corrected chi connectivity index (χ4v) is 1.71. The smallest absolute Gasteiger partial charge is 0.258 e. The largest absolute Gasteiger partial charge is 0.497 e. The third-order valence-electron chi connectivity index (χ3n) is 2.75. The summed E-state index contributed by atoms with van der Waals surface area (Å²) < 4.78 is 10.3. The minimum absolute atomic E-state index is 0.264. The number of nitrogen functional groups attached to an aromatic ring is 1. The normalized spacial score (nSPS) is 9.90. The Bertz CT molecular complexity index is 615. The van der Waals surface area contributed by atoms with Gasteiger partial charge >= 0.3 is 0 Å². The van der Waals surface area contributed by atoms with Crippen LogP contribution in [0.15, 0.2) is 36.7 Å². The van der Waals surface area contributed by atoms with Crippen molar-refractivity contribution in [1.82, 2.24) is 4.98 Å². The third-order valence-corrected chi connectivity index (χ3v) is 2.75. The first-order valence-corrected chi connectivity index (χ1v) is 5.88. The predicted octanol–water partition coefficient (Wildman–Crippen LogP) is 1.93. The molecule has 2 aromatic rings. The second-order valence-electron chi connectivity index (χ2n) is 3.98. The zero-order valence-corrected chi connectivity index (χ0v) is 11.2. The van der Waals surface area contributed by atoms with Gasteiger partial charge in [-0.3, -0.25) is 9.78 Å². The quantitative estimate of drug-likeness (QED) is 0.831. The lowest BCUT2D eigenvalue weighted by molar-refractivity contribution is 0.102. The van der Waals surface area contributed by atoms with Gasteiger partial charge in [0.05, 0.1) is 25.5 Å². The van der Waals surface area contributed by atoms with Crippen LogP contribution in [0.4, 0.5) is 11.4 Å². The van der Waals surface area contributed by atoms with E-state index in [1.54, 1.807) is 36.7 Å². The van der Waals surface area contributed by atoms with Crippen molar-refractivity contribution in [3.05, 3.63) is 42.2 Å². The molecule has 0 bridgehead atoms. The Labute approximate surface area is 116 Å². The van der Waals surface area contributed by atoms with Crippen molar-refractivity contribution in [2.24, 2.45) is 0 Å². The number of benzene rings is 1. The molecular formula is C14H15N3O3. The third kappa shape index (κ3) is 2.80. The molecule has 2 rings (SSSR count). The fourth-order valence-electron chi connectivity index (χ4n) is 1.71. The van der Waals surface area contributed by atoms with Gasteiger partial charge in [-0.25, -0.2) is 0 Å². The molecule has 6 nitrogen and oxygen atoms in total. The molecule has 1 aromatic carbocycles. The van der Waals surface area contributed by atoms with Gasteiger partial charge < -0.3 is 20.5 Å². The van der Waals surface area contributed by atoms with Crippen molar-refractivity contribution < 1.29 is 14.3 Å². The Balaban J connectivity index is 2.34. The van der Waals surface area contributed by atoms with Crippen molar-refractivity contribution >= 4 is 17.3 Å². The number of pyridine rings is 1.